The minimum Gasteiger partial charge on any atom is -0.385 e. The fourth-order valence-corrected chi connectivity index (χ4v) is 1.35. The van der Waals surface area contributed by atoms with Gasteiger partial charge in [-0.1, -0.05) is 30.0 Å². The highest BCUT2D eigenvalue weighted by atomic mass is 32.2. The SMILES string of the molecule is CC(C#N)SC(N)=S.c1ccncc1. The molecule has 0 saturated carbocycles. The normalized spacial score (nSPS) is 10.3. The van der Waals surface area contributed by atoms with Crippen LogP contribution in [0.4, 0.5) is 0 Å². The van der Waals surface area contributed by atoms with Gasteiger partial charge in [0.25, 0.3) is 0 Å². The Kier molecular flexibility index (Phi) is 7.80. The van der Waals surface area contributed by atoms with E-state index >= 15 is 0 Å². The van der Waals surface area contributed by atoms with Gasteiger partial charge in [-0.25, -0.2) is 0 Å². The summed E-state index contributed by atoms with van der Waals surface area (Å²) in [7, 11) is 0. The Labute approximate surface area is 93.3 Å². The first-order valence-corrected chi connectivity index (χ1v) is 5.16. The van der Waals surface area contributed by atoms with Crippen molar-refractivity contribution in [2.75, 3.05) is 0 Å². The molecule has 0 fully saturated rings. The van der Waals surface area contributed by atoms with Gasteiger partial charge in [0, 0.05) is 12.4 Å². The van der Waals surface area contributed by atoms with Crippen LogP contribution in [-0.4, -0.2) is 14.6 Å². The van der Waals surface area contributed by atoms with Crippen molar-refractivity contribution >= 4 is 28.3 Å². The standard InChI is InChI=1S/C5H5N.C4H6N2S2/c1-2-4-6-5-3-1;1-3(2-5)8-4(6)7/h1-5H;3H,1H3,(H2,6,7). The minimum absolute atomic E-state index is 0.118. The average molecular weight is 225 g/mol. The van der Waals surface area contributed by atoms with E-state index in [2.05, 4.69) is 17.2 Å². The number of nitrogens with two attached hydrogens (primary N) is 1. The van der Waals surface area contributed by atoms with Crippen LogP contribution in [0.5, 0.6) is 0 Å². The molecule has 0 aliphatic heterocycles. The lowest BCUT2D eigenvalue weighted by Crippen LogP contribution is -2.06. The number of nitriles is 1. The van der Waals surface area contributed by atoms with E-state index in [1.165, 1.54) is 11.8 Å². The molecule has 0 aliphatic rings. The first kappa shape index (κ1) is 12.9. The van der Waals surface area contributed by atoms with Crippen LogP contribution in [0.1, 0.15) is 6.92 Å². The number of aromatic nitrogens is 1. The number of hydrogen-bond acceptors (Lipinski definition) is 4. The molecule has 1 heterocycles. The van der Waals surface area contributed by atoms with Crippen molar-refractivity contribution in [3.05, 3.63) is 30.6 Å². The molecule has 0 spiro atoms. The third-order valence-corrected chi connectivity index (χ3v) is 2.02. The number of thiocarbonyl (C=S) groups is 1. The second-order valence-electron chi connectivity index (χ2n) is 2.23. The lowest BCUT2D eigenvalue weighted by Gasteiger charge is -1.95. The molecule has 14 heavy (non-hydrogen) atoms. The fourth-order valence-electron chi connectivity index (χ4n) is 0.513. The Bertz CT molecular complexity index is 268. The Hall–Kier alpha value is -1.12. The summed E-state index contributed by atoms with van der Waals surface area (Å²) in [6.07, 6.45) is 3.50. The van der Waals surface area contributed by atoms with Crippen molar-refractivity contribution in [3.8, 4) is 6.07 Å². The molecule has 2 N–H and O–H groups in total. The molecule has 0 amide bonds. The van der Waals surface area contributed by atoms with Gasteiger partial charge in [0.15, 0.2) is 0 Å². The van der Waals surface area contributed by atoms with Gasteiger partial charge in [-0.2, -0.15) is 5.26 Å². The summed E-state index contributed by atoms with van der Waals surface area (Å²) in [6.45, 7) is 1.75. The molecule has 3 nitrogen and oxygen atoms in total. The van der Waals surface area contributed by atoms with Gasteiger partial charge in [-0.05, 0) is 19.1 Å². The van der Waals surface area contributed by atoms with Crippen LogP contribution in [0.15, 0.2) is 30.6 Å². The molecule has 1 unspecified atom stereocenters. The highest BCUT2D eigenvalue weighted by molar-refractivity contribution is 8.23. The molecule has 1 rings (SSSR count). The topological polar surface area (TPSA) is 62.7 Å². The molecule has 0 aromatic carbocycles. The van der Waals surface area contributed by atoms with Gasteiger partial charge in [0.2, 0.25) is 0 Å². The largest absolute Gasteiger partial charge is 0.385 e. The van der Waals surface area contributed by atoms with Crippen molar-refractivity contribution < 1.29 is 0 Å². The zero-order valence-electron chi connectivity index (χ0n) is 7.75. The maximum Gasteiger partial charge on any atom is 0.132 e. The molecule has 1 aromatic rings. The van der Waals surface area contributed by atoms with Crippen LogP contribution in [-0.2, 0) is 0 Å². The molecule has 1 aromatic heterocycles. The summed E-state index contributed by atoms with van der Waals surface area (Å²) in [6, 6.07) is 7.71. The van der Waals surface area contributed by atoms with Crippen molar-refractivity contribution in [1.82, 2.24) is 4.98 Å². The molecular formula is C9H11N3S2. The van der Waals surface area contributed by atoms with Crippen LogP contribution in [0.25, 0.3) is 0 Å². The molecule has 74 valence electrons. The summed E-state index contributed by atoms with van der Waals surface area (Å²) in [5.41, 5.74) is 5.11. The van der Waals surface area contributed by atoms with E-state index in [1.54, 1.807) is 19.3 Å². The molecule has 0 bridgehead atoms. The van der Waals surface area contributed by atoms with Crippen molar-refractivity contribution in [1.29, 1.82) is 5.26 Å². The molecular weight excluding hydrogens is 214 g/mol. The maximum absolute atomic E-state index is 8.20. The van der Waals surface area contributed by atoms with E-state index in [0.717, 1.165) is 0 Å². The fraction of sp³-hybridized carbons (Fsp3) is 0.222. The van der Waals surface area contributed by atoms with Crippen LogP contribution < -0.4 is 5.73 Å². The van der Waals surface area contributed by atoms with Gasteiger partial charge < -0.3 is 5.73 Å². The molecule has 0 radical (unpaired) electrons. The van der Waals surface area contributed by atoms with Gasteiger partial charge in [0.05, 0.1) is 11.3 Å². The summed E-state index contributed by atoms with van der Waals surface area (Å²) >= 11 is 5.73. The first-order valence-electron chi connectivity index (χ1n) is 3.87. The highest BCUT2D eigenvalue weighted by Gasteiger charge is 1.99. The summed E-state index contributed by atoms with van der Waals surface area (Å²) in [5.74, 6) is 0. The van der Waals surface area contributed by atoms with Crippen LogP contribution >= 0.6 is 24.0 Å². The van der Waals surface area contributed by atoms with E-state index in [0.29, 0.717) is 4.32 Å². The zero-order chi connectivity index (χ0) is 10.8. The van der Waals surface area contributed by atoms with Gasteiger partial charge in [-0.3, -0.25) is 4.98 Å². The van der Waals surface area contributed by atoms with E-state index in [4.69, 9.17) is 11.0 Å². The second kappa shape index (κ2) is 8.48. The van der Waals surface area contributed by atoms with E-state index in [-0.39, 0.29) is 5.25 Å². The van der Waals surface area contributed by atoms with Crippen molar-refractivity contribution in [2.24, 2.45) is 5.73 Å². The van der Waals surface area contributed by atoms with Crippen LogP contribution in [0, 0.1) is 11.3 Å². The average Bonchev–Trinajstić information content (AvgIpc) is 2.20. The summed E-state index contributed by atoms with van der Waals surface area (Å²) in [5, 5.41) is 8.08. The van der Waals surface area contributed by atoms with Crippen LogP contribution in [0.3, 0.4) is 0 Å². The molecule has 5 heteroatoms. The van der Waals surface area contributed by atoms with Gasteiger partial charge in [-0.15, -0.1) is 0 Å². The number of rotatable bonds is 1. The number of pyridine rings is 1. The first-order chi connectivity index (χ1) is 6.66. The Morgan fingerprint density at radius 1 is 1.50 bits per heavy atom. The van der Waals surface area contributed by atoms with E-state index in [1.807, 2.05) is 24.3 Å². The maximum atomic E-state index is 8.20. The van der Waals surface area contributed by atoms with Gasteiger partial charge in [0.1, 0.15) is 4.32 Å². The minimum atomic E-state index is -0.118. The smallest absolute Gasteiger partial charge is 0.132 e. The number of thioether (sulfide) groups is 1. The summed E-state index contributed by atoms with van der Waals surface area (Å²) < 4.78 is 0.332. The second-order valence-corrected chi connectivity index (χ2v) is 4.31. The summed E-state index contributed by atoms with van der Waals surface area (Å²) in [4.78, 5) is 3.78. The van der Waals surface area contributed by atoms with E-state index < -0.39 is 0 Å². The zero-order valence-corrected chi connectivity index (χ0v) is 9.39. The Morgan fingerprint density at radius 2 is 2.07 bits per heavy atom. The van der Waals surface area contributed by atoms with Gasteiger partial charge >= 0.3 is 0 Å². The quantitative estimate of drug-likeness (QED) is 0.740. The van der Waals surface area contributed by atoms with Crippen molar-refractivity contribution in [3.63, 3.8) is 0 Å². The highest BCUT2D eigenvalue weighted by Crippen LogP contribution is 2.07. The third kappa shape index (κ3) is 8.97. The predicted molar refractivity (Wildman–Crippen MR) is 63.7 cm³/mol. The predicted octanol–water partition coefficient (Wildman–Crippen LogP) is 1.96. The molecule has 0 aliphatic carbocycles. The Morgan fingerprint density at radius 3 is 2.21 bits per heavy atom. The lowest BCUT2D eigenvalue weighted by atomic mass is 10.5. The molecule has 1 atom stereocenters. The lowest BCUT2D eigenvalue weighted by molar-refractivity contribution is 1.25. The number of hydrogen-bond donors (Lipinski definition) is 1. The third-order valence-electron chi connectivity index (χ3n) is 1.04. The van der Waals surface area contributed by atoms with Crippen LogP contribution in [0.2, 0.25) is 0 Å². The molecule has 0 saturated heterocycles. The number of nitrogens with zero attached hydrogens (tertiary/aromatic N) is 2. The Balaban J connectivity index is 0.000000249. The monoisotopic (exact) mass is 225 g/mol. The van der Waals surface area contributed by atoms with Crippen molar-refractivity contribution in [2.45, 2.75) is 12.2 Å². The van der Waals surface area contributed by atoms with E-state index in [9.17, 15) is 0 Å².